The monoisotopic (exact) mass is 328 g/mol. The highest BCUT2D eigenvalue weighted by Crippen LogP contribution is 2.19. The van der Waals surface area contributed by atoms with E-state index in [9.17, 15) is 9.32 Å². The fourth-order valence-corrected chi connectivity index (χ4v) is 3.47. The van der Waals surface area contributed by atoms with Crippen molar-refractivity contribution in [2.75, 3.05) is 0 Å². The van der Waals surface area contributed by atoms with Crippen molar-refractivity contribution in [2.45, 2.75) is 38.3 Å². The molecule has 6 heteroatoms. The lowest BCUT2D eigenvalue weighted by Crippen LogP contribution is -2.05. The third kappa shape index (κ3) is 3.04. The summed E-state index contributed by atoms with van der Waals surface area (Å²) in [6, 6.07) is 5.34. The summed E-state index contributed by atoms with van der Waals surface area (Å²) in [6.45, 7) is 6.01. The molecular formula is C17H18N3O2S-. The van der Waals surface area contributed by atoms with E-state index in [-0.39, 0.29) is 6.61 Å². The van der Waals surface area contributed by atoms with Crippen LogP contribution in [-0.4, -0.2) is 19.3 Å². The number of aromatic nitrogens is 3. The normalized spacial score (nSPS) is 12.7. The number of pyridine rings is 1. The average Bonchev–Trinajstić information content (AvgIpc) is 2.98. The molecule has 1 N–H and O–H groups in total. The number of aryl methyl sites for hydroxylation is 1. The second-order valence-corrected chi connectivity index (χ2v) is 6.96. The van der Waals surface area contributed by atoms with E-state index in [2.05, 4.69) is 15.0 Å². The van der Waals surface area contributed by atoms with Crippen LogP contribution in [0, 0.1) is 20.8 Å². The van der Waals surface area contributed by atoms with Gasteiger partial charge in [-0.25, -0.2) is 0 Å². The van der Waals surface area contributed by atoms with Crippen LogP contribution in [0.5, 0.6) is 0 Å². The fourth-order valence-electron chi connectivity index (χ4n) is 2.40. The summed E-state index contributed by atoms with van der Waals surface area (Å²) in [6.07, 6.45) is 1.81. The maximum Gasteiger partial charge on any atom is 0.0701 e. The van der Waals surface area contributed by atoms with Gasteiger partial charge in [-0.05, 0) is 54.1 Å². The summed E-state index contributed by atoms with van der Waals surface area (Å²) in [4.78, 5) is 13.1. The van der Waals surface area contributed by atoms with Gasteiger partial charge >= 0.3 is 0 Å². The van der Waals surface area contributed by atoms with Crippen LogP contribution in [0.1, 0.15) is 27.9 Å². The Morgan fingerprint density at radius 1 is 1.22 bits per heavy atom. The van der Waals surface area contributed by atoms with E-state index < -0.39 is 10.8 Å². The van der Waals surface area contributed by atoms with Crippen molar-refractivity contribution >= 4 is 21.8 Å². The van der Waals surface area contributed by atoms with Gasteiger partial charge in [-0.2, -0.15) is 0 Å². The lowest BCUT2D eigenvalue weighted by molar-refractivity contribution is 0.282. The smallest absolute Gasteiger partial charge is 0.0701 e. The van der Waals surface area contributed by atoms with Gasteiger partial charge in [0.1, 0.15) is 0 Å². The number of imidazole rings is 1. The molecule has 3 aromatic rings. The Hall–Kier alpha value is -2.05. The molecule has 0 spiro atoms. The minimum Gasteiger partial charge on any atom is -0.428 e. The summed E-state index contributed by atoms with van der Waals surface area (Å²) in [7, 11) is -1.35. The van der Waals surface area contributed by atoms with Gasteiger partial charge < -0.3 is 15.1 Å². The van der Waals surface area contributed by atoms with Crippen LogP contribution in [0.3, 0.4) is 0 Å². The second kappa shape index (κ2) is 6.22. The first kappa shape index (κ1) is 15.8. The molecule has 120 valence electrons. The molecule has 2 heterocycles. The van der Waals surface area contributed by atoms with Gasteiger partial charge in [0, 0.05) is 11.4 Å². The molecule has 0 aliphatic heterocycles. The zero-order valence-corrected chi connectivity index (χ0v) is 14.1. The van der Waals surface area contributed by atoms with E-state index in [4.69, 9.17) is 0 Å². The minimum atomic E-state index is -1.35. The number of hydrogen-bond acceptors (Lipinski definition) is 4. The van der Waals surface area contributed by atoms with Crippen LogP contribution in [0.4, 0.5) is 0 Å². The molecule has 0 saturated carbocycles. The third-order valence-electron chi connectivity index (χ3n) is 4.13. The molecule has 1 atom stereocenters. The van der Waals surface area contributed by atoms with Crippen LogP contribution < -0.4 is 4.98 Å². The fraction of sp³-hybridized carbons (Fsp3) is 0.294. The topological polar surface area (TPSA) is 77.2 Å². The molecule has 0 fully saturated rings. The molecule has 0 unspecified atom stereocenters. The van der Waals surface area contributed by atoms with E-state index >= 15 is 0 Å². The van der Waals surface area contributed by atoms with Gasteiger partial charge in [-0.15, -0.1) is 0 Å². The third-order valence-corrected chi connectivity index (χ3v) is 5.25. The number of aliphatic hydroxyl groups excluding tert-OH is 1. The Morgan fingerprint density at radius 3 is 2.74 bits per heavy atom. The SMILES string of the molecule is Cc1cnc(C[S@](=O)c2nc3cc(CO)ccc3[n-]2)c(C)c1C. The number of fused-ring (bicyclic) bond motifs is 1. The number of rotatable bonds is 4. The molecular weight excluding hydrogens is 310 g/mol. The van der Waals surface area contributed by atoms with Crippen molar-refractivity contribution in [1.82, 2.24) is 15.0 Å². The number of hydrogen-bond donors (Lipinski definition) is 1. The quantitative estimate of drug-likeness (QED) is 0.795. The minimum absolute atomic E-state index is 0.0486. The summed E-state index contributed by atoms with van der Waals surface area (Å²) < 4.78 is 12.6. The molecule has 1 aromatic carbocycles. The van der Waals surface area contributed by atoms with E-state index in [1.165, 1.54) is 5.56 Å². The van der Waals surface area contributed by atoms with Gasteiger partial charge in [0.05, 0.1) is 28.9 Å². The second-order valence-electron chi connectivity index (χ2n) is 5.62. The lowest BCUT2D eigenvalue weighted by atomic mass is 10.1. The van der Waals surface area contributed by atoms with Crippen molar-refractivity contribution in [2.24, 2.45) is 0 Å². The average molecular weight is 328 g/mol. The summed E-state index contributed by atoms with van der Waals surface area (Å²) >= 11 is 0. The van der Waals surface area contributed by atoms with Crippen molar-refractivity contribution in [3.05, 3.63) is 52.3 Å². The zero-order valence-electron chi connectivity index (χ0n) is 13.3. The Balaban J connectivity index is 1.90. The number of aliphatic hydroxyl groups is 1. The lowest BCUT2D eigenvalue weighted by Gasteiger charge is -2.10. The Kier molecular flexibility index (Phi) is 4.28. The maximum absolute atomic E-state index is 12.6. The molecule has 23 heavy (non-hydrogen) atoms. The molecule has 3 rings (SSSR count). The molecule has 5 nitrogen and oxygen atoms in total. The molecule has 0 aliphatic rings. The Bertz CT molecular complexity index is 902. The van der Waals surface area contributed by atoms with Gasteiger partial charge in [0.2, 0.25) is 0 Å². The predicted molar refractivity (Wildman–Crippen MR) is 89.5 cm³/mol. The molecule has 2 aromatic heterocycles. The van der Waals surface area contributed by atoms with Crippen LogP contribution in [0.2, 0.25) is 0 Å². The van der Waals surface area contributed by atoms with Gasteiger partial charge in [-0.3, -0.25) is 9.19 Å². The maximum atomic E-state index is 12.6. The largest absolute Gasteiger partial charge is 0.428 e. The molecule has 0 aliphatic carbocycles. The van der Waals surface area contributed by atoms with Crippen molar-refractivity contribution in [1.29, 1.82) is 0 Å². The Morgan fingerprint density at radius 2 is 2.00 bits per heavy atom. The summed E-state index contributed by atoms with van der Waals surface area (Å²) in [5.74, 6) is 0.302. The van der Waals surface area contributed by atoms with Crippen molar-refractivity contribution in [3.63, 3.8) is 0 Å². The van der Waals surface area contributed by atoms with Gasteiger partial charge in [-0.1, -0.05) is 18.2 Å². The van der Waals surface area contributed by atoms with E-state index in [0.29, 0.717) is 21.9 Å². The zero-order chi connectivity index (χ0) is 16.6. The van der Waals surface area contributed by atoms with Gasteiger partial charge in [0.15, 0.2) is 0 Å². The Labute approximate surface area is 137 Å². The highest BCUT2D eigenvalue weighted by Gasteiger charge is 2.10. The summed E-state index contributed by atoms with van der Waals surface area (Å²) in [5.41, 5.74) is 6.30. The molecule has 0 saturated heterocycles. The first-order chi connectivity index (χ1) is 11.0. The predicted octanol–water partition coefficient (Wildman–Crippen LogP) is 2.31. The van der Waals surface area contributed by atoms with Crippen LogP contribution >= 0.6 is 0 Å². The molecule has 0 radical (unpaired) electrons. The van der Waals surface area contributed by atoms with Crippen molar-refractivity contribution < 1.29 is 9.32 Å². The first-order valence-corrected chi connectivity index (χ1v) is 8.65. The van der Waals surface area contributed by atoms with Crippen LogP contribution in [0.15, 0.2) is 29.6 Å². The van der Waals surface area contributed by atoms with E-state index in [0.717, 1.165) is 22.4 Å². The standard InChI is InChI=1S/C17H18N3O2S/c1-10-7-18-16(12(3)11(10)2)9-23(22)17-19-14-5-4-13(8-21)6-15(14)20-17/h4-7,21H,8-9H2,1-3H3/q-1/t23-/m0/s1. The highest BCUT2D eigenvalue weighted by molar-refractivity contribution is 7.84. The highest BCUT2D eigenvalue weighted by atomic mass is 32.2. The van der Waals surface area contributed by atoms with E-state index in [1.807, 2.05) is 27.0 Å². The van der Waals surface area contributed by atoms with E-state index in [1.54, 1.807) is 18.2 Å². The van der Waals surface area contributed by atoms with Crippen molar-refractivity contribution in [3.8, 4) is 0 Å². The molecule has 0 amide bonds. The van der Waals surface area contributed by atoms with Crippen LogP contribution in [0.25, 0.3) is 11.0 Å². The van der Waals surface area contributed by atoms with Gasteiger partial charge in [0.25, 0.3) is 0 Å². The summed E-state index contributed by atoms with van der Waals surface area (Å²) in [5, 5.41) is 9.48. The number of benzene rings is 1. The molecule has 0 bridgehead atoms. The first-order valence-electron chi connectivity index (χ1n) is 7.34. The number of nitrogens with zero attached hydrogens (tertiary/aromatic N) is 3. The van der Waals surface area contributed by atoms with Crippen LogP contribution in [-0.2, 0) is 23.2 Å².